The zero-order chi connectivity index (χ0) is 13.3. The summed E-state index contributed by atoms with van der Waals surface area (Å²) in [4.78, 5) is 11.8. The van der Waals surface area contributed by atoms with Crippen LogP contribution in [0.4, 0.5) is 8.78 Å². The monoisotopic (exact) mass is 293 g/mol. The molecule has 4 nitrogen and oxygen atoms in total. The van der Waals surface area contributed by atoms with Gasteiger partial charge >= 0.3 is 12.2 Å². The molecule has 1 aromatic heterocycles. The van der Waals surface area contributed by atoms with Gasteiger partial charge in [0.05, 0.1) is 11.6 Å². The fourth-order valence-electron chi connectivity index (χ4n) is 1.46. The molecule has 0 bridgehead atoms. The number of alkyl halides is 3. The van der Waals surface area contributed by atoms with E-state index in [9.17, 15) is 13.6 Å². The predicted molar refractivity (Wildman–Crippen MR) is 63.6 cm³/mol. The van der Waals surface area contributed by atoms with Crippen LogP contribution in [0.1, 0.15) is 12.4 Å². The smallest absolute Gasteiger partial charge is 0.245 e. The number of hydrogen-bond acceptors (Lipinski definition) is 2. The van der Waals surface area contributed by atoms with Crippen molar-refractivity contribution in [3.63, 3.8) is 0 Å². The average molecular weight is 294 g/mol. The second kappa shape index (κ2) is 5.07. The Morgan fingerprint density at radius 3 is 2.33 bits per heavy atom. The fraction of sp³-hybridized carbons (Fsp3) is 0.200. The van der Waals surface area contributed by atoms with Crippen LogP contribution in [0.25, 0.3) is 5.69 Å². The third-order valence-electron chi connectivity index (χ3n) is 2.27. The minimum atomic E-state index is -2.98. The highest BCUT2D eigenvalue weighted by Crippen LogP contribution is 2.15. The molecule has 0 N–H and O–H groups in total. The first-order valence-electron chi connectivity index (χ1n) is 4.85. The summed E-state index contributed by atoms with van der Waals surface area (Å²) in [5.74, 6) is -0.466. The number of hydrogen-bond donors (Lipinski definition) is 0. The summed E-state index contributed by atoms with van der Waals surface area (Å²) >= 11 is 11.2. The average Bonchev–Trinajstić information content (AvgIpc) is 2.67. The van der Waals surface area contributed by atoms with E-state index in [1.807, 2.05) is 0 Å². The number of nitrogens with zero attached hydrogens (tertiary/aromatic N) is 3. The van der Waals surface area contributed by atoms with Gasteiger partial charge in [-0.25, -0.2) is 9.36 Å². The van der Waals surface area contributed by atoms with Gasteiger partial charge in [-0.1, -0.05) is 11.6 Å². The van der Waals surface area contributed by atoms with Gasteiger partial charge in [0, 0.05) is 5.02 Å². The van der Waals surface area contributed by atoms with Gasteiger partial charge in [0.15, 0.2) is 5.82 Å². The molecule has 2 aromatic rings. The Labute approximate surface area is 110 Å². The first-order chi connectivity index (χ1) is 8.54. The second-order valence-electron chi connectivity index (χ2n) is 3.37. The summed E-state index contributed by atoms with van der Waals surface area (Å²) in [6.07, 6.45) is 0. The summed E-state index contributed by atoms with van der Waals surface area (Å²) in [5.41, 5.74) is -0.599. The number of halogens is 4. The lowest BCUT2D eigenvalue weighted by Gasteiger charge is -1.99. The van der Waals surface area contributed by atoms with Crippen LogP contribution in [-0.2, 0) is 5.88 Å². The molecule has 1 aromatic carbocycles. The third kappa shape index (κ3) is 2.26. The lowest BCUT2D eigenvalue weighted by Crippen LogP contribution is -2.24. The van der Waals surface area contributed by atoms with Crippen LogP contribution in [0.15, 0.2) is 29.1 Å². The Morgan fingerprint density at radius 1 is 1.28 bits per heavy atom. The minimum absolute atomic E-state index is 0.188. The van der Waals surface area contributed by atoms with E-state index in [1.54, 1.807) is 0 Å². The van der Waals surface area contributed by atoms with Gasteiger partial charge in [-0.2, -0.15) is 13.5 Å². The number of aromatic nitrogens is 3. The van der Waals surface area contributed by atoms with Crippen molar-refractivity contribution in [2.75, 3.05) is 0 Å². The summed E-state index contributed by atoms with van der Waals surface area (Å²) in [5, 5.41) is 4.23. The zero-order valence-electron chi connectivity index (χ0n) is 8.86. The highest BCUT2D eigenvalue weighted by molar-refractivity contribution is 6.30. The van der Waals surface area contributed by atoms with Gasteiger partial charge in [0.2, 0.25) is 0 Å². The second-order valence-corrected chi connectivity index (χ2v) is 4.07. The van der Waals surface area contributed by atoms with Gasteiger partial charge in [-0.05, 0) is 24.3 Å². The summed E-state index contributed by atoms with van der Waals surface area (Å²) in [7, 11) is 0. The van der Waals surface area contributed by atoms with Crippen LogP contribution in [0.5, 0.6) is 0 Å². The Balaban J connectivity index is 2.59. The van der Waals surface area contributed by atoms with Crippen molar-refractivity contribution in [2.24, 2.45) is 0 Å². The van der Waals surface area contributed by atoms with Crippen molar-refractivity contribution < 1.29 is 8.78 Å². The molecule has 0 aliphatic heterocycles. The normalized spacial score (nSPS) is 11.2. The summed E-state index contributed by atoms with van der Waals surface area (Å²) in [6, 6.07) is 6.07. The molecule has 96 valence electrons. The van der Waals surface area contributed by atoms with Gasteiger partial charge in [-0.3, -0.25) is 0 Å². The van der Waals surface area contributed by atoms with Crippen LogP contribution in [0, 0.1) is 0 Å². The lowest BCUT2D eigenvalue weighted by atomic mass is 10.3. The van der Waals surface area contributed by atoms with E-state index in [-0.39, 0.29) is 16.3 Å². The molecule has 8 heteroatoms. The van der Waals surface area contributed by atoms with Crippen LogP contribution in [0.2, 0.25) is 5.02 Å². The molecule has 2 rings (SSSR count). The van der Waals surface area contributed by atoms with Gasteiger partial charge in [-0.15, -0.1) is 16.7 Å². The maximum absolute atomic E-state index is 12.7. The van der Waals surface area contributed by atoms with Gasteiger partial charge < -0.3 is 0 Å². The van der Waals surface area contributed by atoms with Crippen molar-refractivity contribution in [2.45, 2.75) is 12.4 Å². The van der Waals surface area contributed by atoms with Crippen molar-refractivity contribution in [1.29, 1.82) is 0 Å². The topological polar surface area (TPSA) is 39.8 Å². The fourth-order valence-corrected chi connectivity index (χ4v) is 1.76. The molecule has 18 heavy (non-hydrogen) atoms. The van der Waals surface area contributed by atoms with E-state index >= 15 is 0 Å². The van der Waals surface area contributed by atoms with Crippen LogP contribution < -0.4 is 5.69 Å². The maximum Gasteiger partial charge on any atom is 0.355 e. The van der Waals surface area contributed by atoms with Gasteiger partial charge in [0.25, 0.3) is 0 Å². The van der Waals surface area contributed by atoms with Gasteiger partial charge in [0.1, 0.15) is 0 Å². The highest BCUT2D eigenvalue weighted by Gasteiger charge is 2.20. The molecule has 0 fully saturated rings. The van der Waals surface area contributed by atoms with Crippen LogP contribution in [0.3, 0.4) is 0 Å². The molecule has 0 spiro atoms. The van der Waals surface area contributed by atoms with E-state index < -0.39 is 12.2 Å². The molecule has 0 saturated carbocycles. The Morgan fingerprint density at radius 2 is 1.89 bits per heavy atom. The SMILES string of the molecule is O=c1n(-c2ccc(Cl)cc2)nc(CCl)n1C(F)F. The molecule has 0 unspecified atom stereocenters. The maximum atomic E-state index is 12.7. The summed E-state index contributed by atoms with van der Waals surface area (Å²) in [6.45, 7) is -2.98. The lowest BCUT2D eigenvalue weighted by molar-refractivity contribution is 0.0637. The van der Waals surface area contributed by atoms with Crippen molar-refractivity contribution in [1.82, 2.24) is 14.3 Å². The predicted octanol–water partition coefficient (Wildman–Crippen LogP) is 2.82. The molecular weight excluding hydrogens is 287 g/mol. The van der Waals surface area contributed by atoms with Crippen LogP contribution >= 0.6 is 23.2 Å². The minimum Gasteiger partial charge on any atom is -0.245 e. The molecule has 0 radical (unpaired) electrons. The Kier molecular flexibility index (Phi) is 3.68. The molecule has 1 heterocycles. The number of rotatable bonds is 3. The first-order valence-corrected chi connectivity index (χ1v) is 5.76. The van der Waals surface area contributed by atoms with E-state index in [4.69, 9.17) is 23.2 Å². The molecule has 0 aliphatic carbocycles. The van der Waals surface area contributed by atoms with Crippen molar-refractivity contribution in [3.05, 3.63) is 45.6 Å². The first kappa shape index (κ1) is 13.0. The third-order valence-corrected chi connectivity index (χ3v) is 2.76. The van der Waals surface area contributed by atoms with E-state index in [0.29, 0.717) is 10.7 Å². The van der Waals surface area contributed by atoms with Crippen molar-refractivity contribution in [3.8, 4) is 5.69 Å². The molecule has 0 atom stereocenters. The van der Waals surface area contributed by atoms with E-state index in [0.717, 1.165) is 4.68 Å². The van der Waals surface area contributed by atoms with Crippen LogP contribution in [-0.4, -0.2) is 14.3 Å². The Bertz CT molecular complexity index is 607. The molecule has 0 amide bonds. The number of benzene rings is 1. The molecule has 0 saturated heterocycles. The standard InChI is InChI=1S/C10H7Cl2F2N3O/c11-5-8-15-17(10(18)16(8)9(13)14)7-3-1-6(12)2-4-7/h1-4,9H,5H2. The van der Waals surface area contributed by atoms with E-state index in [1.165, 1.54) is 24.3 Å². The highest BCUT2D eigenvalue weighted by atomic mass is 35.5. The zero-order valence-corrected chi connectivity index (χ0v) is 10.4. The molecule has 0 aliphatic rings. The quantitative estimate of drug-likeness (QED) is 0.817. The Hall–Kier alpha value is -1.40. The van der Waals surface area contributed by atoms with Crippen molar-refractivity contribution >= 4 is 23.2 Å². The largest absolute Gasteiger partial charge is 0.355 e. The summed E-state index contributed by atoms with van der Waals surface area (Å²) < 4.78 is 26.5. The van der Waals surface area contributed by atoms with E-state index in [2.05, 4.69) is 5.10 Å². The molecular formula is C10H7Cl2F2N3O.